The average Bonchev–Trinajstić information content (AvgIpc) is 3.05. The molecule has 25 heavy (non-hydrogen) atoms. The maximum atomic E-state index is 5.96. The van der Waals surface area contributed by atoms with Gasteiger partial charge in [-0.05, 0) is 31.2 Å². The first-order valence-electron chi connectivity index (χ1n) is 8.94. The highest BCUT2D eigenvalue weighted by Gasteiger charge is 2.20. The van der Waals surface area contributed by atoms with E-state index >= 15 is 0 Å². The Bertz CT molecular complexity index is 739. The smallest absolute Gasteiger partial charge is 0.223 e. The summed E-state index contributed by atoms with van der Waals surface area (Å²) in [5.74, 6) is 1.98. The zero-order valence-corrected chi connectivity index (χ0v) is 14.7. The zero-order valence-electron chi connectivity index (χ0n) is 14.7. The number of aryl methyl sites for hydroxylation is 1. The largest absolute Gasteiger partial charge is 0.378 e. The second kappa shape index (κ2) is 6.87. The van der Waals surface area contributed by atoms with Gasteiger partial charge in [0.15, 0.2) is 0 Å². The molecule has 1 aliphatic carbocycles. The van der Waals surface area contributed by atoms with Gasteiger partial charge in [-0.3, -0.25) is 5.10 Å². The fourth-order valence-corrected chi connectivity index (χ4v) is 3.58. The van der Waals surface area contributed by atoms with Crippen molar-refractivity contribution in [3.8, 4) is 0 Å². The summed E-state index contributed by atoms with van der Waals surface area (Å²) in [6.07, 6.45) is 4.70. The molecule has 1 fully saturated rings. The van der Waals surface area contributed by atoms with Crippen molar-refractivity contribution in [2.45, 2.75) is 32.2 Å². The molecular weight excluding hydrogens is 318 g/mol. The van der Waals surface area contributed by atoms with E-state index in [0.717, 1.165) is 43.3 Å². The molecule has 3 N–H and O–H groups in total. The van der Waals surface area contributed by atoms with Gasteiger partial charge in [0, 0.05) is 31.9 Å². The van der Waals surface area contributed by atoms with Crippen molar-refractivity contribution >= 4 is 17.6 Å². The van der Waals surface area contributed by atoms with Crippen LogP contribution in [0.1, 0.15) is 29.8 Å². The Morgan fingerprint density at radius 3 is 2.88 bits per heavy atom. The number of anilines is 3. The lowest BCUT2D eigenvalue weighted by atomic mass is 9.96. The number of hydrogen-bond acceptors (Lipinski definition) is 7. The number of aromatic nitrogens is 4. The van der Waals surface area contributed by atoms with Crippen LogP contribution in [0.4, 0.5) is 17.6 Å². The number of rotatable bonds is 4. The van der Waals surface area contributed by atoms with Crippen molar-refractivity contribution in [2.24, 2.45) is 0 Å². The molecule has 1 aliphatic heterocycles. The third-order valence-electron chi connectivity index (χ3n) is 4.97. The second-order valence-corrected chi connectivity index (χ2v) is 6.73. The van der Waals surface area contributed by atoms with E-state index in [4.69, 9.17) is 10.5 Å². The highest BCUT2D eigenvalue weighted by Crippen LogP contribution is 2.25. The van der Waals surface area contributed by atoms with E-state index in [1.54, 1.807) is 0 Å². The van der Waals surface area contributed by atoms with Gasteiger partial charge in [-0.2, -0.15) is 15.1 Å². The fraction of sp³-hybridized carbons (Fsp3) is 0.588. The highest BCUT2D eigenvalue weighted by molar-refractivity contribution is 5.54. The molecule has 0 amide bonds. The third kappa shape index (κ3) is 3.39. The van der Waals surface area contributed by atoms with Crippen molar-refractivity contribution < 1.29 is 4.74 Å². The summed E-state index contributed by atoms with van der Waals surface area (Å²) in [7, 11) is 2.02. The van der Waals surface area contributed by atoms with Gasteiger partial charge in [-0.25, -0.2) is 0 Å². The molecule has 2 aromatic rings. The molecule has 0 atom stereocenters. The van der Waals surface area contributed by atoms with Gasteiger partial charge in [-0.1, -0.05) is 0 Å². The van der Waals surface area contributed by atoms with Crippen molar-refractivity contribution in [1.29, 1.82) is 0 Å². The predicted octanol–water partition coefficient (Wildman–Crippen LogP) is 1.13. The Balaban J connectivity index is 1.54. The summed E-state index contributed by atoms with van der Waals surface area (Å²) in [5.41, 5.74) is 9.75. The van der Waals surface area contributed by atoms with Crippen LogP contribution in [0, 0.1) is 0 Å². The van der Waals surface area contributed by atoms with Crippen LogP contribution >= 0.6 is 0 Å². The Kier molecular flexibility index (Phi) is 4.44. The minimum Gasteiger partial charge on any atom is -0.378 e. The number of nitrogen functional groups attached to an aromatic ring is 1. The number of hydrogen-bond donors (Lipinski definition) is 2. The molecule has 0 bridgehead atoms. The first-order valence-corrected chi connectivity index (χ1v) is 8.94. The van der Waals surface area contributed by atoms with E-state index in [9.17, 15) is 0 Å². The van der Waals surface area contributed by atoms with Crippen LogP contribution in [-0.2, 0) is 24.1 Å². The van der Waals surface area contributed by atoms with Crippen LogP contribution in [0.2, 0.25) is 0 Å². The van der Waals surface area contributed by atoms with E-state index in [2.05, 4.69) is 30.0 Å². The Morgan fingerprint density at radius 1 is 1.24 bits per heavy atom. The maximum absolute atomic E-state index is 5.96. The van der Waals surface area contributed by atoms with E-state index in [1.165, 1.54) is 24.1 Å². The lowest BCUT2D eigenvalue weighted by Gasteiger charge is -2.29. The van der Waals surface area contributed by atoms with Crippen molar-refractivity contribution in [3.63, 3.8) is 0 Å². The fourth-order valence-electron chi connectivity index (χ4n) is 3.58. The Labute approximate surface area is 147 Å². The van der Waals surface area contributed by atoms with Crippen LogP contribution in [0.25, 0.3) is 0 Å². The van der Waals surface area contributed by atoms with Crippen LogP contribution < -0.4 is 15.5 Å². The summed E-state index contributed by atoms with van der Waals surface area (Å²) in [6.45, 7) is 3.80. The van der Waals surface area contributed by atoms with Gasteiger partial charge in [0.1, 0.15) is 11.6 Å². The van der Waals surface area contributed by atoms with Gasteiger partial charge in [0.25, 0.3) is 0 Å². The molecule has 2 aliphatic rings. The third-order valence-corrected chi connectivity index (χ3v) is 4.97. The lowest BCUT2D eigenvalue weighted by molar-refractivity contribution is 0.122. The lowest BCUT2D eigenvalue weighted by Crippen LogP contribution is -2.37. The van der Waals surface area contributed by atoms with Crippen LogP contribution in [0.15, 0.2) is 6.07 Å². The number of nitrogens with zero attached hydrogens (tertiary/aromatic N) is 5. The normalized spacial score (nSPS) is 17.4. The molecule has 3 heterocycles. The minimum atomic E-state index is 0.301. The molecule has 8 heteroatoms. The van der Waals surface area contributed by atoms with Crippen LogP contribution in [-0.4, -0.2) is 53.5 Å². The first-order chi connectivity index (χ1) is 12.2. The standard InChI is InChI=1S/C17H25N7O/c1-23(11-14-12-4-2-3-5-13(12)21-22-14)15-10-16(20-17(18)19-15)24-6-8-25-9-7-24/h10H,2-9,11H2,1H3,(H,21,22)(H2,18,19,20). The molecule has 0 saturated carbocycles. The molecule has 4 rings (SSSR count). The molecule has 8 nitrogen and oxygen atoms in total. The number of H-pyrrole nitrogens is 1. The molecular formula is C17H25N7O. The molecule has 0 aromatic carbocycles. The average molecular weight is 343 g/mol. The highest BCUT2D eigenvalue weighted by atomic mass is 16.5. The van der Waals surface area contributed by atoms with Gasteiger partial charge < -0.3 is 20.3 Å². The van der Waals surface area contributed by atoms with E-state index in [-0.39, 0.29) is 0 Å². The number of ether oxygens (including phenoxy) is 1. The summed E-state index contributed by atoms with van der Waals surface area (Å²) in [4.78, 5) is 13.1. The summed E-state index contributed by atoms with van der Waals surface area (Å²) in [6, 6.07) is 2.00. The predicted molar refractivity (Wildman–Crippen MR) is 96.8 cm³/mol. The van der Waals surface area contributed by atoms with Gasteiger partial charge in [0.05, 0.1) is 25.5 Å². The summed E-state index contributed by atoms with van der Waals surface area (Å²) < 4.78 is 5.41. The van der Waals surface area contributed by atoms with Gasteiger partial charge in [-0.15, -0.1) is 0 Å². The molecule has 0 spiro atoms. The number of aromatic amines is 1. The monoisotopic (exact) mass is 343 g/mol. The number of nitrogens with two attached hydrogens (primary N) is 1. The minimum absolute atomic E-state index is 0.301. The number of morpholine rings is 1. The van der Waals surface area contributed by atoms with Crippen molar-refractivity contribution in [1.82, 2.24) is 20.2 Å². The molecule has 0 unspecified atom stereocenters. The second-order valence-electron chi connectivity index (χ2n) is 6.73. The van der Waals surface area contributed by atoms with E-state index < -0.39 is 0 Å². The maximum Gasteiger partial charge on any atom is 0.223 e. The molecule has 134 valence electrons. The summed E-state index contributed by atoms with van der Waals surface area (Å²) in [5, 5.41) is 7.73. The summed E-state index contributed by atoms with van der Waals surface area (Å²) >= 11 is 0. The van der Waals surface area contributed by atoms with Crippen molar-refractivity contribution in [3.05, 3.63) is 23.0 Å². The molecule has 1 saturated heterocycles. The number of nitrogens with one attached hydrogen (secondary N) is 1. The Morgan fingerprint density at radius 2 is 2.04 bits per heavy atom. The SMILES string of the molecule is CN(Cc1n[nH]c2c1CCCC2)c1cc(N2CCOCC2)nc(N)n1. The van der Waals surface area contributed by atoms with Crippen LogP contribution in [0.5, 0.6) is 0 Å². The van der Waals surface area contributed by atoms with E-state index in [0.29, 0.717) is 25.7 Å². The zero-order chi connectivity index (χ0) is 17.2. The van der Waals surface area contributed by atoms with Gasteiger partial charge in [0.2, 0.25) is 5.95 Å². The number of fused-ring (bicyclic) bond motifs is 1. The molecule has 0 radical (unpaired) electrons. The first kappa shape index (κ1) is 16.1. The van der Waals surface area contributed by atoms with Gasteiger partial charge >= 0.3 is 0 Å². The van der Waals surface area contributed by atoms with Crippen LogP contribution in [0.3, 0.4) is 0 Å². The topological polar surface area (TPSA) is 96.2 Å². The van der Waals surface area contributed by atoms with Crippen molar-refractivity contribution in [2.75, 3.05) is 48.9 Å². The van der Waals surface area contributed by atoms with E-state index in [1.807, 2.05) is 13.1 Å². The molecule has 2 aromatic heterocycles. The quantitative estimate of drug-likeness (QED) is 0.859. The Hall–Kier alpha value is -2.35.